The number of carbonyl (C=O) groups excluding carboxylic acids is 1. The van der Waals surface area contributed by atoms with Crippen molar-refractivity contribution < 1.29 is 17.9 Å². The summed E-state index contributed by atoms with van der Waals surface area (Å²) in [6.45, 7) is 3.13. The first-order valence-corrected chi connectivity index (χ1v) is 11.1. The zero-order valence-corrected chi connectivity index (χ0v) is 17.4. The van der Waals surface area contributed by atoms with Crippen molar-refractivity contribution in [2.45, 2.75) is 24.8 Å². The molecular formula is C21H24N4O4S. The molecule has 8 nitrogen and oxygen atoms in total. The van der Waals surface area contributed by atoms with E-state index < -0.39 is 10.0 Å². The molecule has 0 bridgehead atoms. The minimum atomic E-state index is -3.74. The maximum Gasteiger partial charge on any atom is 0.255 e. The molecule has 0 atom stereocenters. The number of imidazole rings is 1. The second-order valence-electron chi connectivity index (χ2n) is 6.46. The second kappa shape index (κ2) is 10.0. The highest BCUT2D eigenvalue weighted by Gasteiger charge is 2.18. The molecule has 3 aromatic rings. The van der Waals surface area contributed by atoms with E-state index in [0.29, 0.717) is 36.6 Å². The largest absolute Gasteiger partial charge is 0.492 e. The zero-order chi connectivity index (χ0) is 21.4. The summed E-state index contributed by atoms with van der Waals surface area (Å²) in [7, 11) is -3.74. The van der Waals surface area contributed by atoms with Crippen LogP contribution < -0.4 is 14.8 Å². The van der Waals surface area contributed by atoms with Crippen molar-refractivity contribution in [3.8, 4) is 5.75 Å². The minimum Gasteiger partial charge on any atom is -0.492 e. The minimum absolute atomic E-state index is 0.0527. The normalized spacial score (nSPS) is 11.2. The summed E-state index contributed by atoms with van der Waals surface area (Å²) in [6, 6.07) is 13.1. The van der Waals surface area contributed by atoms with Gasteiger partial charge in [0.15, 0.2) is 0 Å². The zero-order valence-electron chi connectivity index (χ0n) is 16.6. The number of nitrogens with one attached hydrogen (secondary N) is 2. The van der Waals surface area contributed by atoms with Crippen LogP contribution in [0, 0.1) is 0 Å². The molecular weight excluding hydrogens is 404 g/mol. The van der Waals surface area contributed by atoms with Gasteiger partial charge in [-0.25, -0.2) is 18.1 Å². The molecule has 0 unspecified atom stereocenters. The molecule has 0 saturated heterocycles. The van der Waals surface area contributed by atoms with E-state index in [4.69, 9.17) is 4.74 Å². The number of rotatable bonds is 10. The number of hydrogen-bond donors (Lipinski definition) is 2. The number of aryl methyl sites for hydroxylation is 1. The van der Waals surface area contributed by atoms with Gasteiger partial charge in [-0.1, -0.05) is 18.2 Å². The summed E-state index contributed by atoms with van der Waals surface area (Å²) in [5.74, 6) is 0.0558. The van der Waals surface area contributed by atoms with E-state index in [2.05, 4.69) is 15.0 Å². The molecule has 2 aromatic carbocycles. The van der Waals surface area contributed by atoms with Crippen molar-refractivity contribution in [3.05, 3.63) is 72.8 Å². The molecule has 0 aliphatic carbocycles. The summed E-state index contributed by atoms with van der Waals surface area (Å²) in [4.78, 5) is 16.5. The third kappa shape index (κ3) is 5.68. The highest BCUT2D eigenvalue weighted by Crippen LogP contribution is 2.28. The van der Waals surface area contributed by atoms with Crippen molar-refractivity contribution in [2.24, 2.45) is 0 Å². The Morgan fingerprint density at radius 3 is 2.67 bits per heavy atom. The van der Waals surface area contributed by atoms with Gasteiger partial charge >= 0.3 is 0 Å². The van der Waals surface area contributed by atoms with Crippen molar-refractivity contribution in [2.75, 3.05) is 18.5 Å². The Balaban J connectivity index is 1.72. The van der Waals surface area contributed by atoms with E-state index in [-0.39, 0.29) is 17.3 Å². The number of nitrogens with zero attached hydrogens (tertiary/aromatic N) is 2. The molecule has 30 heavy (non-hydrogen) atoms. The molecule has 0 spiro atoms. The fraction of sp³-hybridized carbons (Fsp3) is 0.238. The summed E-state index contributed by atoms with van der Waals surface area (Å²) < 4.78 is 35.4. The molecule has 0 aliphatic rings. The smallest absolute Gasteiger partial charge is 0.255 e. The Labute approximate surface area is 176 Å². The van der Waals surface area contributed by atoms with Crippen LogP contribution in [0.4, 0.5) is 5.69 Å². The molecule has 0 aliphatic heterocycles. The number of sulfonamides is 1. The molecule has 3 rings (SSSR count). The lowest BCUT2D eigenvalue weighted by Crippen LogP contribution is -2.25. The van der Waals surface area contributed by atoms with E-state index in [1.165, 1.54) is 12.1 Å². The number of ether oxygens (including phenoxy) is 1. The number of benzene rings is 2. The van der Waals surface area contributed by atoms with Gasteiger partial charge in [0.1, 0.15) is 5.75 Å². The molecule has 9 heteroatoms. The molecule has 2 N–H and O–H groups in total. The van der Waals surface area contributed by atoms with Crippen LogP contribution in [0.25, 0.3) is 0 Å². The topological polar surface area (TPSA) is 102 Å². The number of hydrogen-bond acceptors (Lipinski definition) is 5. The Kier molecular flexibility index (Phi) is 7.21. The summed E-state index contributed by atoms with van der Waals surface area (Å²) >= 11 is 0. The fourth-order valence-corrected chi connectivity index (χ4v) is 3.91. The van der Waals surface area contributed by atoms with E-state index in [0.717, 1.165) is 0 Å². The van der Waals surface area contributed by atoms with E-state index in [9.17, 15) is 13.2 Å². The SMILES string of the molecule is CCOc1ccc(S(=O)(=O)NCCCn2ccnc2)cc1NC(=O)c1ccccc1. The summed E-state index contributed by atoms with van der Waals surface area (Å²) in [6.07, 6.45) is 5.80. The van der Waals surface area contributed by atoms with E-state index in [1.807, 2.05) is 23.8 Å². The van der Waals surface area contributed by atoms with Gasteiger partial charge in [0.25, 0.3) is 5.91 Å². The lowest BCUT2D eigenvalue weighted by atomic mass is 10.2. The van der Waals surface area contributed by atoms with Gasteiger partial charge in [-0.2, -0.15) is 0 Å². The molecule has 0 saturated carbocycles. The van der Waals surface area contributed by atoms with Crippen molar-refractivity contribution in [1.82, 2.24) is 14.3 Å². The Hall–Kier alpha value is -3.17. The first-order chi connectivity index (χ1) is 14.5. The van der Waals surface area contributed by atoms with Crippen LogP contribution in [0.15, 0.2) is 72.1 Å². The predicted octanol–water partition coefficient (Wildman–Crippen LogP) is 2.90. The first-order valence-electron chi connectivity index (χ1n) is 9.58. The number of carbonyl (C=O) groups is 1. The van der Waals surface area contributed by atoms with Crippen molar-refractivity contribution >= 4 is 21.6 Å². The Morgan fingerprint density at radius 2 is 1.97 bits per heavy atom. The predicted molar refractivity (Wildman–Crippen MR) is 114 cm³/mol. The third-order valence-electron chi connectivity index (χ3n) is 4.29. The van der Waals surface area contributed by atoms with Gasteiger partial charge in [-0.3, -0.25) is 4.79 Å². The van der Waals surface area contributed by atoms with Crippen molar-refractivity contribution in [1.29, 1.82) is 0 Å². The Bertz CT molecular complexity index is 1070. The van der Waals surface area contributed by atoms with Crippen LogP contribution in [-0.4, -0.2) is 37.0 Å². The van der Waals surface area contributed by atoms with Gasteiger partial charge in [0.2, 0.25) is 10.0 Å². The van der Waals surface area contributed by atoms with Crippen molar-refractivity contribution in [3.63, 3.8) is 0 Å². The highest BCUT2D eigenvalue weighted by atomic mass is 32.2. The lowest BCUT2D eigenvalue weighted by molar-refractivity contribution is 0.102. The van der Waals surface area contributed by atoms with Crippen LogP contribution in [0.2, 0.25) is 0 Å². The highest BCUT2D eigenvalue weighted by molar-refractivity contribution is 7.89. The van der Waals surface area contributed by atoms with Gasteiger partial charge in [-0.05, 0) is 43.7 Å². The maximum atomic E-state index is 12.7. The number of anilines is 1. The molecule has 1 aromatic heterocycles. The maximum absolute atomic E-state index is 12.7. The summed E-state index contributed by atoms with van der Waals surface area (Å²) in [5, 5.41) is 2.74. The van der Waals surface area contributed by atoms with Gasteiger partial charge in [0.05, 0.1) is 23.5 Å². The lowest BCUT2D eigenvalue weighted by Gasteiger charge is -2.14. The van der Waals surface area contributed by atoms with E-state index in [1.54, 1.807) is 42.9 Å². The third-order valence-corrected chi connectivity index (χ3v) is 5.75. The van der Waals surface area contributed by atoms with Crippen LogP contribution in [0.5, 0.6) is 5.75 Å². The van der Waals surface area contributed by atoms with Crippen LogP contribution in [0.1, 0.15) is 23.7 Å². The van der Waals surface area contributed by atoms with E-state index >= 15 is 0 Å². The average molecular weight is 429 g/mol. The van der Waals surface area contributed by atoms with Crippen LogP contribution >= 0.6 is 0 Å². The fourth-order valence-electron chi connectivity index (χ4n) is 2.81. The number of aromatic nitrogens is 2. The van der Waals surface area contributed by atoms with Crippen LogP contribution in [0.3, 0.4) is 0 Å². The molecule has 0 radical (unpaired) electrons. The molecule has 0 fully saturated rings. The van der Waals surface area contributed by atoms with Gasteiger partial charge < -0.3 is 14.6 Å². The quantitative estimate of drug-likeness (QED) is 0.484. The standard InChI is InChI=1S/C21H24N4O4S/c1-2-29-20-10-9-18(15-19(20)24-21(26)17-7-4-3-5-8-17)30(27,28)23-11-6-13-25-14-12-22-16-25/h3-5,7-10,12,14-16,23H,2,6,11,13H2,1H3,(H,24,26). The monoisotopic (exact) mass is 428 g/mol. The second-order valence-corrected chi connectivity index (χ2v) is 8.23. The van der Waals surface area contributed by atoms with Gasteiger partial charge in [0, 0.05) is 31.0 Å². The average Bonchev–Trinajstić information content (AvgIpc) is 3.27. The van der Waals surface area contributed by atoms with Gasteiger partial charge in [-0.15, -0.1) is 0 Å². The molecule has 158 valence electrons. The summed E-state index contributed by atoms with van der Waals surface area (Å²) in [5.41, 5.74) is 0.762. The number of amides is 1. The van der Waals surface area contributed by atoms with Crippen LogP contribution in [-0.2, 0) is 16.6 Å². The Morgan fingerprint density at radius 1 is 1.17 bits per heavy atom. The molecule has 1 amide bonds. The first kappa shape index (κ1) is 21.5. The molecule has 1 heterocycles.